The molecule has 0 spiro atoms. The number of aromatic nitrogens is 4. The van der Waals surface area contributed by atoms with E-state index in [0.29, 0.717) is 17.8 Å². The summed E-state index contributed by atoms with van der Waals surface area (Å²) in [5.74, 6) is 0.383. The average molecular weight is 373 g/mol. The Labute approximate surface area is 152 Å². The number of pyridine rings is 1. The van der Waals surface area contributed by atoms with Crippen LogP contribution in [0.1, 0.15) is 48.8 Å². The van der Waals surface area contributed by atoms with Gasteiger partial charge in [-0.05, 0) is 24.5 Å². The lowest BCUT2D eigenvalue weighted by Gasteiger charge is -2.31. The van der Waals surface area contributed by atoms with Gasteiger partial charge in [-0.2, -0.15) is 0 Å². The maximum Gasteiger partial charge on any atom is 0.259 e. The van der Waals surface area contributed by atoms with Crippen molar-refractivity contribution < 1.29 is 13.6 Å². The van der Waals surface area contributed by atoms with Crippen LogP contribution in [0.15, 0.2) is 29.1 Å². The Hall–Kier alpha value is -2.68. The van der Waals surface area contributed by atoms with E-state index in [-0.39, 0.29) is 23.6 Å². The van der Waals surface area contributed by atoms with E-state index in [1.54, 1.807) is 23.5 Å². The Morgan fingerprint density at radius 2 is 2.27 bits per heavy atom. The molecule has 0 fully saturated rings. The SMILES string of the molecule is CC(F)c1nnc(-c2cnc(CN3C(=O)CC(C)c4ccncc43)s2)o1. The van der Waals surface area contributed by atoms with Crippen LogP contribution in [0.2, 0.25) is 0 Å². The molecule has 1 amide bonds. The van der Waals surface area contributed by atoms with Crippen molar-refractivity contribution in [1.29, 1.82) is 0 Å². The second-order valence-electron chi connectivity index (χ2n) is 6.20. The van der Waals surface area contributed by atoms with Crippen molar-refractivity contribution in [3.63, 3.8) is 0 Å². The molecule has 0 aromatic carbocycles. The molecule has 4 heterocycles. The highest BCUT2D eigenvalue weighted by Crippen LogP contribution is 2.36. The lowest BCUT2D eigenvalue weighted by atomic mass is 9.92. The molecule has 0 N–H and O–H groups in total. The number of nitrogens with zero attached hydrogens (tertiary/aromatic N) is 5. The van der Waals surface area contributed by atoms with Gasteiger partial charge in [0.15, 0.2) is 6.17 Å². The average Bonchev–Trinajstić information content (AvgIpc) is 3.28. The van der Waals surface area contributed by atoms with Gasteiger partial charge in [-0.3, -0.25) is 9.78 Å². The van der Waals surface area contributed by atoms with Crippen LogP contribution in [-0.4, -0.2) is 26.1 Å². The summed E-state index contributed by atoms with van der Waals surface area (Å²) in [6, 6.07) is 1.95. The normalized spacial score (nSPS) is 18.0. The molecule has 134 valence electrons. The third kappa shape index (κ3) is 2.98. The van der Waals surface area contributed by atoms with E-state index in [2.05, 4.69) is 20.2 Å². The highest BCUT2D eigenvalue weighted by molar-refractivity contribution is 7.15. The van der Waals surface area contributed by atoms with Gasteiger partial charge in [0.25, 0.3) is 11.8 Å². The molecule has 9 heteroatoms. The first-order valence-corrected chi connectivity index (χ1v) is 9.01. The van der Waals surface area contributed by atoms with E-state index >= 15 is 0 Å². The molecule has 2 atom stereocenters. The minimum absolute atomic E-state index is 0.0427. The summed E-state index contributed by atoms with van der Waals surface area (Å²) in [5, 5.41) is 8.26. The van der Waals surface area contributed by atoms with Crippen LogP contribution >= 0.6 is 11.3 Å². The molecular weight excluding hydrogens is 357 g/mol. The molecule has 26 heavy (non-hydrogen) atoms. The molecule has 7 nitrogen and oxygen atoms in total. The van der Waals surface area contributed by atoms with Gasteiger partial charge >= 0.3 is 0 Å². The number of alkyl halides is 1. The highest BCUT2D eigenvalue weighted by atomic mass is 32.1. The molecule has 0 saturated carbocycles. The molecular formula is C17H16FN5O2S. The topological polar surface area (TPSA) is 85.0 Å². The Morgan fingerprint density at radius 3 is 3.04 bits per heavy atom. The maximum atomic E-state index is 13.2. The number of fused-ring (bicyclic) bond motifs is 1. The van der Waals surface area contributed by atoms with Crippen LogP contribution in [0.25, 0.3) is 10.8 Å². The van der Waals surface area contributed by atoms with E-state index in [1.807, 2.05) is 13.0 Å². The van der Waals surface area contributed by atoms with Crippen molar-refractivity contribution in [3.8, 4) is 10.8 Å². The lowest BCUT2D eigenvalue weighted by molar-refractivity contribution is -0.119. The molecule has 1 aliphatic heterocycles. The molecule has 3 aromatic rings. The zero-order valence-electron chi connectivity index (χ0n) is 14.2. The van der Waals surface area contributed by atoms with Gasteiger partial charge in [-0.25, -0.2) is 9.37 Å². The van der Waals surface area contributed by atoms with E-state index in [9.17, 15) is 9.18 Å². The first-order chi connectivity index (χ1) is 12.5. The highest BCUT2D eigenvalue weighted by Gasteiger charge is 2.29. The van der Waals surface area contributed by atoms with Crippen molar-refractivity contribution in [2.24, 2.45) is 0 Å². The summed E-state index contributed by atoms with van der Waals surface area (Å²) in [6.07, 6.45) is 4.19. The number of hydrogen-bond acceptors (Lipinski definition) is 7. The molecule has 1 aliphatic rings. The van der Waals surface area contributed by atoms with Gasteiger partial charge < -0.3 is 9.32 Å². The smallest absolute Gasteiger partial charge is 0.259 e. The molecule has 4 rings (SSSR count). The molecule has 0 saturated heterocycles. The van der Waals surface area contributed by atoms with Crippen LogP contribution in [0.5, 0.6) is 0 Å². The third-order valence-electron chi connectivity index (χ3n) is 4.27. The maximum absolute atomic E-state index is 13.2. The van der Waals surface area contributed by atoms with Gasteiger partial charge in [-0.15, -0.1) is 21.5 Å². The van der Waals surface area contributed by atoms with Crippen LogP contribution < -0.4 is 4.90 Å². The van der Waals surface area contributed by atoms with Gasteiger partial charge in [0, 0.05) is 12.6 Å². The molecule has 0 radical (unpaired) electrons. The van der Waals surface area contributed by atoms with Crippen molar-refractivity contribution in [1.82, 2.24) is 20.2 Å². The van der Waals surface area contributed by atoms with E-state index in [0.717, 1.165) is 16.3 Å². The Bertz CT molecular complexity index is 954. The lowest BCUT2D eigenvalue weighted by Crippen LogP contribution is -2.35. The largest absolute Gasteiger partial charge is 0.417 e. The Kier molecular flexibility index (Phi) is 4.23. The number of rotatable bonds is 4. The third-order valence-corrected chi connectivity index (χ3v) is 5.25. The van der Waals surface area contributed by atoms with Crippen molar-refractivity contribution in [2.45, 2.75) is 38.9 Å². The van der Waals surface area contributed by atoms with E-state index in [1.165, 1.54) is 18.3 Å². The zero-order chi connectivity index (χ0) is 18.3. The summed E-state index contributed by atoms with van der Waals surface area (Å²) >= 11 is 1.34. The summed E-state index contributed by atoms with van der Waals surface area (Å²) in [6.45, 7) is 3.72. The predicted molar refractivity (Wildman–Crippen MR) is 93.4 cm³/mol. The molecule has 3 aromatic heterocycles. The van der Waals surface area contributed by atoms with Gasteiger partial charge in [-0.1, -0.05) is 6.92 Å². The van der Waals surface area contributed by atoms with Crippen molar-refractivity contribution >= 4 is 22.9 Å². The van der Waals surface area contributed by atoms with Crippen molar-refractivity contribution in [2.75, 3.05) is 4.90 Å². The zero-order valence-corrected chi connectivity index (χ0v) is 15.0. The van der Waals surface area contributed by atoms with Crippen LogP contribution in [0.3, 0.4) is 0 Å². The minimum atomic E-state index is -1.32. The fourth-order valence-electron chi connectivity index (χ4n) is 2.94. The summed E-state index contributed by atoms with van der Waals surface area (Å²) in [5.41, 5.74) is 1.93. The molecule has 2 unspecified atom stereocenters. The standard InChI is InChI=1S/C17H16FN5O2S/c1-9-5-15(24)23(12-6-19-4-3-11(9)12)8-14-20-7-13(26-14)17-22-21-16(25-17)10(2)18/h3-4,6-7,9-10H,5,8H2,1-2H3. The van der Waals surface area contributed by atoms with E-state index < -0.39 is 6.17 Å². The second-order valence-corrected chi connectivity index (χ2v) is 7.31. The number of amides is 1. The van der Waals surface area contributed by atoms with Gasteiger partial charge in [0.2, 0.25) is 5.91 Å². The Morgan fingerprint density at radius 1 is 1.42 bits per heavy atom. The molecule has 0 bridgehead atoms. The quantitative estimate of drug-likeness (QED) is 0.694. The number of thiazole rings is 1. The van der Waals surface area contributed by atoms with Gasteiger partial charge in [0.05, 0.1) is 24.6 Å². The fraction of sp³-hybridized carbons (Fsp3) is 0.353. The van der Waals surface area contributed by atoms with E-state index in [4.69, 9.17) is 4.42 Å². The number of anilines is 1. The summed E-state index contributed by atoms with van der Waals surface area (Å²) in [7, 11) is 0. The first kappa shape index (κ1) is 16.8. The number of halogens is 1. The first-order valence-electron chi connectivity index (χ1n) is 8.19. The number of carbonyl (C=O) groups is 1. The number of hydrogen-bond donors (Lipinski definition) is 0. The van der Waals surface area contributed by atoms with Gasteiger partial charge in [0.1, 0.15) is 9.88 Å². The Balaban J connectivity index is 1.59. The van der Waals surface area contributed by atoms with Crippen molar-refractivity contribution in [3.05, 3.63) is 41.1 Å². The summed E-state index contributed by atoms with van der Waals surface area (Å²) in [4.78, 5) is 23.4. The van der Waals surface area contributed by atoms with Crippen LogP contribution in [-0.2, 0) is 11.3 Å². The second kappa shape index (κ2) is 6.56. The minimum Gasteiger partial charge on any atom is -0.417 e. The fourth-order valence-corrected chi connectivity index (χ4v) is 3.77. The predicted octanol–water partition coefficient (Wildman–Crippen LogP) is 3.66. The summed E-state index contributed by atoms with van der Waals surface area (Å²) < 4.78 is 18.5. The van der Waals surface area contributed by atoms with Crippen LogP contribution in [0, 0.1) is 0 Å². The van der Waals surface area contributed by atoms with Crippen LogP contribution in [0.4, 0.5) is 10.1 Å². The number of carbonyl (C=O) groups excluding carboxylic acids is 1. The molecule has 0 aliphatic carbocycles. The monoisotopic (exact) mass is 373 g/mol.